The standard InChI is InChI=1S/C24H24N6O3/c1-14-7-3-4-12-25-21(31)16-8-5-9-17(13-16)22(32)27-24-26-19-11-6-10-18(20(19)30(14)24)23-29-28-15(2)33-23/h5-6,8-11,13-14H,3-4,7,12H2,1-2H3,(H,25,31)(H,26,27,32). The maximum Gasteiger partial charge on any atom is 0.257 e. The molecule has 1 atom stereocenters. The number of aryl methyl sites for hydroxylation is 1. The van der Waals surface area contributed by atoms with Crippen molar-refractivity contribution in [3.8, 4) is 11.5 Å². The molecule has 1 unspecified atom stereocenters. The summed E-state index contributed by atoms with van der Waals surface area (Å²) in [6.07, 6.45) is 2.59. The number of para-hydroxylation sites is 1. The number of carbonyl (C=O) groups is 2. The van der Waals surface area contributed by atoms with E-state index in [1.807, 2.05) is 22.8 Å². The van der Waals surface area contributed by atoms with Crippen molar-refractivity contribution in [2.24, 2.45) is 0 Å². The second kappa shape index (κ2) is 8.50. The second-order valence-corrected chi connectivity index (χ2v) is 8.24. The minimum Gasteiger partial charge on any atom is -0.421 e. The Morgan fingerprint density at radius 1 is 1.03 bits per heavy atom. The largest absolute Gasteiger partial charge is 0.421 e. The number of nitrogens with one attached hydrogen (secondary N) is 2. The highest BCUT2D eigenvalue weighted by Gasteiger charge is 2.23. The number of carbonyl (C=O) groups excluding carboxylic acids is 2. The first-order chi connectivity index (χ1) is 16.0. The molecule has 9 heteroatoms. The Balaban J connectivity index is 1.65. The Hall–Kier alpha value is -4.01. The molecule has 0 saturated carbocycles. The van der Waals surface area contributed by atoms with E-state index in [0.717, 1.165) is 35.9 Å². The first kappa shape index (κ1) is 20.9. The molecule has 0 saturated heterocycles. The van der Waals surface area contributed by atoms with E-state index in [-0.39, 0.29) is 17.9 Å². The highest BCUT2D eigenvalue weighted by atomic mass is 16.4. The lowest BCUT2D eigenvalue weighted by atomic mass is 10.1. The molecule has 1 aliphatic rings. The van der Waals surface area contributed by atoms with Gasteiger partial charge in [-0.15, -0.1) is 10.2 Å². The van der Waals surface area contributed by atoms with E-state index in [0.29, 0.717) is 35.4 Å². The highest BCUT2D eigenvalue weighted by molar-refractivity contribution is 6.06. The zero-order valence-electron chi connectivity index (χ0n) is 18.5. The number of imidazole rings is 1. The average molecular weight is 444 g/mol. The Bertz CT molecular complexity index is 1360. The minimum atomic E-state index is -0.333. The van der Waals surface area contributed by atoms with Crippen molar-refractivity contribution in [1.82, 2.24) is 25.1 Å². The van der Waals surface area contributed by atoms with Crippen LogP contribution in [0, 0.1) is 6.92 Å². The van der Waals surface area contributed by atoms with Gasteiger partial charge >= 0.3 is 0 Å². The molecule has 5 rings (SSSR count). The van der Waals surface area contributed by atoms with Crippen molar-refractivity contribution in [2.75, 3.05) is 11.9 Å². The third-order valence-electron chi connectivity index (χ3n) is 5.85. The zero-order chi connectivity index (χ0) is 22.9. The molecule has 2 bridgehead atoms. The fourth-order valence-corrected chi connectivity index (χ4v) is 4.22. The molecular weight excluding hydrogens is 420 g/mol. The van der Waals surface area contributed by atoms with Crippen LogP contribution in [0.5, 0.6) is 0 Å². The summed E-state index contributed by atoms with van der Waals surface area (Å²) in [5.74, 6) is 0.820. The van der Waals surface area contributed by atoms with Gasteiger partial charge in [0.1, 0.15) is 0 Å². The minimum absolute atomic E-state index is 0.0282. The monoisotopic (exact) mass is 444 g/mol. The van der Waals surface area contributed by atoms with Gasteiger partial charge in [-0.3, -0.25) is 14.9 Å². The molecule has 0 radical (unpaired) electrons. The number of aromatic nitrogens is 4. The van der Waals surface area contributed by atoms with E-state index in [1.54, 1.807) is 31.2 Å². The molecular formula is C24H24N6O3. The van der Waals surface area contributed by atoms with E-state index in [2.05, 4.69) is 27.8 Å². The Morgan fingerprint density at radius 2 is 1.82 bits per heavy atom. The van der Waals surface area contributed by atoms with Crippen LogP contribution >= 0.6 is 0 Å². The lowest BCUT2D eigenvalue weighted by molar-refractivity contribution is 0.0953. The molecule has 168 valence electrons. The van der Waals surface area contributed by atoms with Gasteiger partial charge in [0, 0.05) is 30.6 Å². The predicted molar refractivity (Wildman–Crippen MR) is 123 cm³/mol. The number of anilines is 1. The van der Waals surface area contributed by atoms with E-state index < -0.39 is 0 Å². The van der Waals surface area contributed by atoms with Crippen molar-refractivity contribution in [2.45, 2.75) is 39.2 Å². The number of hydrogen-bond acceptors (Lipinski definition) is 6. The number of hydrogen-bond donors (Lipinski definition) is 2. The number of amides is 2. The lowest BCUT2D eigenvalue weighted by Gasteiger charge is -2.19. The zero-order valence-corrected chi connectivity index (χ0v) is 18.5. The summed E-state index contributed by atoms with van der Waals surface area (Å²) in [4.78, 5) is 30.3. The van der Waals surface area contributed by atoms with E-state index in [4.69, 9.17) is 9.40 Å². The number of rotatable bonds is 1. The third kappa shape index (κ3) is 3.97. The summed E-state index contributed by atoms with van der Waals surface area (Å²) < 4.78 is 7.75. The van der Waals surface area contributed by atoms with Crippen LogP contribution in [-0.4, -0.2) is 38.1 Å². The first-order valence-electron chi connectivity index (χ1n) is 11.0. The SMILES string of the molecule is Cc1nnc(-c2cccc3nc4n(c23)C(C)CCCCNC(=O)c2cccc(c2)C(=O)N4)o1. The Morgan fingerprint density at radius 3 is 2.61 bits per heavy atom. The van der Waals surface area contributed by atoms with Crippen LogP contribution in [0.3, 0.4) is 0 Å². The van der Waals surface area contributed by atoms with Gasteiger partial charge in [-0.1, -0.05) is 12.1 Å². The topological polar surface area (TPSA) is 115 Å². The predicted octanol–water partition coefficient (Wildman–Crippen LogP) is 4.12. The van der Waals surface area contributed by atoms with Crippen molar-refractivity contribution in [1.29, 1.82) is 0 Å². The molecule has 2 N–H and O–H groups in total. The van der Waals surface area contributed by atoms with Gasteiger partial charge in [0.05, 0.1) is 16.6 Å². The molecule has 2 amide bonds. The normalized spacial score (nSPS) is 17.2. The summed E-state index contributed by atoms with van der Waals surface area (Å²) >= 11 is 0. The van der Waals surface area contributed by atoms with Gasteiger partial charge in [0.2, 0.25) is 17.7 Å². The molecule has 2 aromatic heterocycles. The number of nitrogens with zero attached hydrogens (tertiary/aromatic N) is 4. The summed E-state index contributed by atoms with van der Waals surface area (Å²) in [6, 6.07) is 12.4. The molecule has 0 spiro atoms. The molecule has 1 aliphatic heterocycles. The van der Waals surface area contributed by atoms with Crippen molar-refractivity contribution in [3.05, 3.63) is 59.5 Å². The van der Waals surface area contributed by atoms with Gasteiger partial charge in [0.15, 0.2) is 0 Å². The van der Waals surface area contributed by atoms with Crippen LogP contribution in [0.2, 0.25) is 0 Å². The first-order valence-corrected chi connectivity index (χ1v) is 11.0. The fraction of sp³-hybridized carbons (Fsp3) is 0.292. The van der Waals surface area contributed by atoms with Gasteiger partial charge in [-0.2, -0.15) is 0 Å². The van der Waals surface area contributed by atoms with Crippen molar-refractivity contribution >= 4 is 28.8 Å². The maximum atomic E-state index is 13.1. The Kier molecular flexibility index (Phi) is 5.37. The molecule has 0 fully saturated rings. The van der Waals surface area contributed by atoms with Gasteiger partial charge in [-0.25, -0.2) is 4.98 Å². The van der Waals surface area contributed by atoms with Crippen LogP contribution in [0.25, 0.3) is 22.5 Å². The summed E-state index contributed by atoms with van der Waals surface area (Å²) in [5.41, 5.74) is 3.16. The van der Waals surface area contributed by atoms with E-state index in [1.165, 1.54) is 0 Å². The molecule has 9 nitrogen and oxygen atoms in total. The molecule has 33 heavy (non-hydrogen) atoms. The number of benzene rings is 2. The Labute approximate surface area is 190 Å². The fourth-order valence-electron chi connectivity index (χ4n) is 4.22. The van der Waals surface area contributed by atoms with Crippen LogP contribution in [0.4, 0.5) is 5.95 Å². The quantitative estimate of drug-likeness (QED) is 0.456. The lowest BCUT2D eigenvalue weighted by Crippen LogP contribution is -2.25. The average Bonchev–Trinajstić information content (AvgIpc) is 3.41. The van der Waals surface area contributed by atoms with Gasteiger partial charge in [0.25, 0.3) is 11.8 Å². The summed E-state index contributed by atoms with van der Waals surface area (Å²) in [5, 5.41) is 14.1. The molecule has 4 aromatic rings. The van der Waals surface area contributed by atoms with Crippen LogP contribution < -0.4 is 10.6 Å². The van der Waals surface area contributed by atoms with Crippen LogP contribution in [0.1, 0.15) is 58.8 Å². The van der Waals surface area contributed by atoms with Crippen LogP contribution in [-0.2, 0) is 0 Å². The van der Waals surface area contributed by atoms with Crippen molar-refractivity contribution in [3.63, 3.8) is 0 Å². The van der Waals surface area contributed by atoms with Gasteiger partial charge in [-0.05, 0) is 56.5 Å². The summed E-state index contributed by atoms with van der Waals surface area (Å²) in [7, 11) is 0. The maximum absolute atomic E-state index is 13.1. The van der Waals surface area contributed by atoms with Gasteiger partial charge < -0.3 is 14.3 Å². The van der Waals surface area contributed by atoms with E-state index in [9.17, 15) is 9.59 Å². The highest BCUT2D eigenvalue weighted by Crippen LogP contribution is 2.34. The molecule has 2 aromatic carbocycles. The van der Waals surface area contributed by atoms with Crippen molar-refractivity contribution < 1.29 is 14.0 Å². The smallest absolute Gasteiger partial charge is 0.257 e. The van der Waals surface area contributed by atoms with E-state index >= 15 is 0 Å². The molecule has 3 heterocycles. The second-order valence-electron chi connectivity index (χ2n) is 8.24. The van der Waals surface area contributed by atoms with Crippen LogP contribution in [0.15, 0.2) is 46.9 Å². The molecule has 0 aliphatic carbocycles. The third-order valence-corrected chi connectivity index (χ3v) is 5.85. The number of fused-ring (bicyclic) bond motifs is 5. The summed E-state index contributed by atoms with van der Waals surface area (Å²) in [6.45, 7) is 4.42.